The van der Waals surface area contributed by atoms with Crippen molar-refractivity contribution in [2.45, 2.75) is 0 Å². The molecule has 1 fully saturated rings. The number of pyridine rings is 1. The second kappa shape index (κ2) is 7.86. The van der Waals surface area contributed by atoms with E-state index in [2.05, 4.69) is 15.2 Å². The molecule has 2 aromatic rings. The fraction of sp³-hybridized carbons (Fsp3) is 0.316. The number of benzene rings is 1. The molecule has 0 unspecified atom stereocenters. The first kappa shape index (κ1) is 17.7. The van der Waals surface area contributed by atoms with Gasteiger partial charge in [0.25, 0.3) is 5.91 Å². The summed E-state index contributed by atoms with van der Waals surface area (Å²) in [5, 5.41) is 2.86. The third-order valence-corrected chi connectivity index (χ3v) is 4.45. The Morgan fingerprint density at radius 2 is 1.77 bits per heavy atom. The van der Waals surface area contributed by atoms with E-state index >= 15 is 0 Å². The molecule has 1 N–H and O–H groups in total. The summed E-state index contributed by atoms with van der Waals surface area (Å²) in [6, 6.07) is 11.3. The highest BCUT2D eigenvalue weighted by molar-refractivity contribution is 6.03. The van der Waals surface area contributed by atoms with Gasteiger partial charge in [-0.3, -0.25) is 9.59 Å². The van der Waals surface area contributed by atoms with Gasteiger partial charge in [-0.25, -0.2) is 4.98 Å². The molecule has 0 radical (unpaired) electrons. The summed E-state index contributed by atoms with van der Waals surface area (Å²) >= 11 is 0. The minimum absolute atomic E-state index is 0.236. The van der Waals surface area contributed by atoms with E-state index in [9.17, 15) is 9.59 Å². The molecule has 3 rings (SSSR count). The van der Waals surface area contributed by atoms with Gasteiger partial charge in [-0.05, 0) is 36.4 Å². The minimum Gasteiger partial charge on any atom is -0.378 e. The molecule has 7 heteroatoms. The van der Waals surface area contributed by atoms with Crippen molar-refractivity contribution in [1.82, 2.24) is 9.88 Å². The van der Waals surface area contributed by atoms with Crippen LogP contribution in [0.1, 0.15) is 10.5 Å². The van der Waals surface area contributed by atoms with Gasteiger partial charge in [-0.2, -0.15) is 0 Å². The Balaban J connectivity index is 1.61. The van der Waals surface area contributed by atoms with Gasteiger partial charge in [0.2, 0.25) is 6.41 Å². The monoisotopic (exact) mass is 353 g/mol. The van der Waals surface area contributed by atoms with Gasteiger partial charge >= 0.3 is 0 Å². The third-order valence-electron chi connectivity index (χ3n) is 4.45. The van der Waals surface area contributed by atoms with Crippen LogP contribution < -0.4 is 15.1 Å². The van der Waals surface area contributed by atoms with Crippen LogP contribution in [-0.2, 0) is 4.79 Å². The first-order valence-electron chi connectivity index (χ1n) is 8.56. The van der Waals surface area contributed by atoms with E-state index < -0.39 is 0 Å². The number of rotatable bonds is 5. The Hall–Kier alpha value is -3.09. The number of nitrogens with zero attached hydrogens (tertiary/aromatic N) is 4. The molecule has 1 saturated heterocycles. The molecule has 7 nitrogen and oxygen atoms in total. The Morgan fingerprint density at radius 3 is 2.31 bits per heavy atom. The SMILES string of the molecule is CN(C)c1ccc(NC(=O)c2ccc(N3CCN(C=O)CC3)cn2)cc1. The van der Waals surface area contributed by atoms with Crippen molar-refractivity contribution in [1.29, 1.82) is 0 Å². The van der Waals surface area contributed by atoms with Gasteiger partial charge in [0.1, 0.15) is 5.69 Å². The molecule has 136 valence electrons. The van der Waals surface area contributed by atoms with Crippen molar-refractivity contribution >= 4 is 29.4 Å². The zero-order chi connectivity index (χ0) is 18.5. The quantitative estimate of drug-likeness (QED) is 0.829. The molecule has 2 amide bonds. The largest absolute Gasteiger partial charge is 0.378 e. The van der Waals surface area contributed by atoms with Gasteiger partial charge in [0, 0.05) is 51.6 Å². The summed E-state index contributed by atoms with van der Waals surface area (Å²) < 4.78 is 0. The molecule has 0 spiro atoms. The highest BCUT2D eigenvalue weighted by Crippen LogP contribution is 2.18. The Kier molecular flexibility index (Phi) is 5.36. The summed E-state index contributed by atoms with van der Waals surface area (Å²) in [7, 11) is 3.94. The zero-order valence-electron chi connectivity index (χ0n) is 15.1. The lowest BCUT2D eigenvalue weighted by atomic mass is 10.2. The van der Waals surface area contributed by atoms with Crippen molar-refractivity contribution in [3.8, 4) is 0 Å². The van der Waals surface area contributed by atoms with Gasteiger partial charge in [-0.15, -0.1) is 0 Å². The van der Waals surface area contributed by atoms with Crippen LogP contribution in [-0.4, -0.2) is 62.5 Å². The molecule has 26 heavy (non-hydrogen) atoms. The number of aromatic nitrogens is 1. The molecular formula is C19H23N5O2. The molecule has 0 bridgehead atoms. The second-order valence-corrected chi connectivity index (χ2v) is 6.43. The standard InChI is InChI=1S/C19H23N5O2/c1-22(2)16-5-3-15(4-6-16)21-19(26)18-8-7-17(13-20-18)24-11-9-23(14-25)10-12-24/h3-8,13-14H,9-12H2,1-2H3,(H,21,26). The molecule has 0 aliphatic carbocycles. The van der Waals surface area contributed by atoms with Crippen LogP contribution in [0.15, 0.2) is 42.6 Å². The number of anilines is 3. The summed E-state index contributed by atoms with van der Waals surface area (Å²) in [6.07, 6.45) is 2.59. The summed E-state index contributed by atoms with van der Waals surface area (Å²) in [6.45, 7) is 2.94. The summed E-state index contributed by atoms with van der Waals surface area (Å²) in [5.41, 5.74) is 3.14. The van der Waals surface area contributed by atoms with Crippen LogP contribution in [0.25, 0.3) is 0 Å². The highest BCUT2D eigenvalue weighted by Gasteiger charge is 2.16. The highest BCUT2D eigenvalue weighted by atomic mass is 16.2. The number of carbonyl (C=O) groups excluding carboxylic acids is 2. The van der Waals surface area contributed by atoms with Crippen molar-refractivity contribution in [3.63, 3.8) is 0 Å². The average molecular weight is 353 g/mol. The Morgan fingerprint density at radius 1 is 1.08 bits per heavy atom. The summed E-state index contributed by atoms with van der Waals surface area (Å²) in [4.78, 5) is 33.3. The molecule has 1 aromatic carbocycles. The van der Waals surface area contributed by atoms with Crippen molar-refractivity contribution in [2.24, 2.45) is 0 Å². The number of hydrogen-bond donors (Lipinski definition) is 1. The van der Waals surface area contributed by atoms with E-state index in [0.717, 1.165) is 36.6 Å². The number of amides is 2. The van der Waals surface area contributed by atoms with Crippen LogP contribution in [0.2, 0.25) is 0 Å². The average Bonchev–Trinajstić information content (AvgIpc) is 2.68. The Bertz CT molecular complexity index is 751. The van der Waals surface area contributed by atoms with Crippen LogP contribution in [0.3, 0.4) is 0 Å². The lowest BCUT2D eigenvalue weighted by Crippen LogP contribution is -2.45. The fourth-order valence-corrected chi connectivity index (χ4v) is 2.83. The molecule has 1 aliphatic rings. The Labute approximate surface area is 153 Å². The van der Waals surface area contributed by atoms with Gasteiger partial charge in [-0.1, -0.05) is 0 Å². The van der Waals surface area contributed by atoms with Crippen LogP contribution >= 0.6 is 0 Å². The van der Waals surface area contributed by atoms with Gasteiger partial charge < -0.3 is 20.0 Å². The van der Waals surface area contributed by atoms with Crippen LogP contribution in [0, 0.1) is 0 Å². The van der Waals surface area contributed by atoms with E-state index in [4.69, 9.17) is 0 Å². The topological polar surface area (TPSA) is 68.8 Å². The van der Waals surface area contributed by atoms with Crippen LogP contribution in [0.4, 0.5) is 17.1 Å². The maximum absolute atomic E-state index is 12.4. The molecule has 1 aromatic heterocycles. The predicted molar refractivity (Wildman–Crippen MR) is 103 cm³/mol. The molecular weight excluding hydrogens is 330 g/mol. The van der Waals surface area contributed by atoms with E-state index in [1.807, 2.05) is 49.3 Å². The van der Waals surface area contributed by atoms with E-state index in [0.29, 0.717) is 18.8 Å². The summed E-state index contributed by atoms with van der Waals surface area (Å²) in [5.74, 6) is -0.236. The molecule has 0 atom stereocenters. The molecule has 1 aliphatic heterocycles. The second-order valence-electron chi connectivity index (χ2n) is 6.43. The van der Waals surface area contributed by atoms with E-state index in [-0.39, 0.29) is 5.91 Å². The fourth-order valence-electron chi connectivity index (χ4n) is 2.83. The first-order chi connectivity index (χ1) is 12.6. The van der Waals surface area contributed by atoms with E-state index in [1.54, 1.807) is 17.2 Å². The number of hydrogen-bond acceptors (Lipinski definition) is 5. The van der Waals surface area contributed by atoms with Crippen molar-refractivity contribution in [3.05, 3.63) is 48.3 Å². The number of piperazine rings is 1. The molecule has 2 heterocycles. The lowest BCUT2D eigenvalue weighted by Gasteiger charge is -2.33. The normalized spacial score (nSPS) is 14.1. The minimum atomic E-state index is -0.236. The number of nitrogens with one attached hydrogen (secondary N) is 1. The lowest BCUT2D eigenvalue weighted by molar-refractivity contribution is -0.118. The smallest absolute Gasteiger partial charge is 0.274 e. The maximum atomic E-state index is 12.4. The first-order valence-corrected chi connectivity index (χ1v) is 8.56. The molecule has 0 saturated carbocycles. The van der Waals surface area contributed by atoms with Crippen molar-refractivity contribution in [2.75, 3.05) is 55.4 Å². The zero-order valence-corrected chi connectivity index (χ0v) is 15.1. The van der Waals surface area contributed by atoms with Gasteiger partial charge in [0.15, 0.2) is 0 Å². The predicted octanol–water partition coefficient (Wildman–Crippen LogP) is 1.68. The van der Waals surface area contributed by atoms with E-state index in [1.165, 1.54) is 0 Å². The number of carbonyl (C=O) groups is 2. The van der Waals surface area contributed by atoms with Gasteiger partial charge in [0.05, 0.1) is 11.9 Å². The van der Waals surface area contributed by atoms with Crippen LogP contribution in [0.5, 0.6) is 0 Å². The van der Waals surface area contributed by atoms with Crippen molar-refractivity contribution < 1.29 is 9.59 Å². The maximum Gasteiger partial charge on any atom is 0.274 e. The third kappa shape index (κ3) is 4.11.